The van der Waals surface area contributed by atoms with Gasteiger partial charge in [0, 0.05) is 49.1 Å². The molecule has 3 aliphatic rings. The Morgan fingerprint density at radius 3 is 2.52 bits per heavy atom. The average Bonchev–Trinajstić information content (AvgIpc) is 3.36. The molecule has 0 aliphatic carbocycles. The Bertz CT molecular complexity index is 1860. The quantitative estimate of drug-likeness (QED) is 0.212. The number of benzene rings is 2. The van der Waals surface area contributed by atoms with E-state index in [2.05, 4.69) is 49.1 Å². The Balaban J connectivity index is 1.48. The fraction of sp³-hybridized carbons (Fsp3) is 0.486. The number of fused-ring (bicyclic) bond motifs is 5. The lowest BCUT2D eigenvalue weighted by Crippen LogP contribution is -2.61. The molecular weight excluding hydrogens is 682 g/mol. The van der Waals surface area contributed by atoms with Crippen molar-refractivity contribution in [2.45, 2.75) is 83.8 Å². The van der Waals surface area contributed by atoms with Crippen LogP contribution in [0.4, 0.5) is 19.3 Å². The second kappa shape index (κ2) is 12.8. The molecule has 2 aromatic carbocycles. The molecule has 1 spiro atoms. The number of nitrogens with zero attached hydrogens (tertiary/aromatic N) is 3. The topological polar surface area (TPSA) is 93.2 Å². The maximum absolute atomic E-state index is 16.9. The number of carbonyl (C=O) groups excluding carboxylic acids is 2. The van der Waals surface area contributed by atoms with Crippen molar-refractivity contribution in [2.24, 2.45) is 0 Å². The van der Waals surface area contributed by atoms with Gasteiger partial charge in [0.05, 0.1) is 29.3 Å². The summed E-state index contributed by atoms with van der Waals surface area (Å²) in [6.45, 7) is 17.3. The third kappa shape index (κ3) is 6.46. The minimum absolute atomic E-state index is 0.0163. The van der Waals surface area contributed by atoms with E-state index in [0.29, 0.717) is 24.3 Å². The van der Waals surface area contributed by atoms with Crippen LogP contribution in [0, 0.1) is 11.6 Å². The fourth-order valence-corrected chi connectivity index (χ4v) is 8.05. The largest absolute Gasteiger partial charge is 0.473 e. The first-order valence-corrected chi connectivity index (χ1v) is 20.2. The molecule has 1 fully saturated rings. The minimum Gasteiger partial charge on any atom is -0.473 e. The zero-order valence-corrected chi connectivity index (χ0v) is 31.7. The van der Waals surface area contributed by atoms with Crippen LogP contribution >= 0.6 is 11.6 Å². The monoisotopic (exact) mass is 726 g/mol. The number of aromatic nitrogens is 1. The molecule has 3 aromatic rings. The summed E-state index contributed by atoms with van der Waals surface area (Å²) in [7, 11) is -2.09. The molecule has 1 unspecified atom stereocenters. The summed E-state index contributed by atoms with van der Waals surface area (Å²) in [5.74, 6) is -2.63. The van der Waals surface area contributed by atoms with Gasteiger partial charge in [-0.25, -0.2) is 18.6 Å². The molecule has 9 nitrogen and oxygen atoms in total. The van der Waals surface area contributed by atoms with Crippen LogP contribution in [-0.4, -0.2) is 68.7 Å². The van der Waals surface area contributed by atoms with Crippen molar-refractivity contribution >= 4 is 37.6 Å². The summed E-state index contributed by atoms with van der Waals surface area (Å²) >= 11 is 6.77. The molecule has 4 bridgehead atoms. The number of nitrogens with one attached hydrogen (secondary N) is 1. The van der Waals surface area contributed by atoms with E-state index in [9.17, 15) is 9.59 Å². The van der Waals surface area contributed by atoms with Gasteiger partial charge < -0.3 is 29.0 Å². The molecule has 0 radical (unpaired) electrons. The number of rotatable bonds is 5. The number of ether oxygens (including phenoxy) is 2. The Labute approximate surface area is 298 Å². The number of anilines is 1. The van der Waals surface area contributed by atoms with Crippen LogP contribution in [0.3, 0.4) is 0 Å². The highest BCUT2D eigenvalue weighted by Gasteiger charge is 2.52. The second-order valence-corrected chi connectivity index (χ2v) is 21.0. The van der Waals surface area contributed by atoms with Gasteiger partial charge >= 0.3 is 6.09 Å². The number of piperazine rings is 1. The molecule has 0 saturated carbocycles. The number of hydrogen-bond acceptors (Lipinski definition) is 7. The van der Waals surface area contributed by atoms with E-state index < -0.39 is 43.1 Å². The minimum atomic E-state index is -2.09. The highest BCUT2D eigenvalue weighted by Crippen LogP contribution is 2.54. The summed E-state index contributed by atoms with van der Waals surface area (Å²) in [4.78, 5) is 35.1. The Morgan fingerprint density at radius 1 is 1.08 bits per heavy atom. The van der Waals surface area contributed by atoms with Gasteiger partial charge in [0.1, 0.15) is 18.0 Å². The molecule has 268 valence electrons. The molecule has 1 aromatic heterocycles. The number of amides is 2. The van der Waals surface area contributed by atoms with Gasteiger partial charge in [0.2, 0.25) is 0 Å². The van der Waals surface area contributed by atoms with E-state index in [1.807, 2.05) is 45.0 Å². The van der Waals surface area contributed by atoms with Crippen LogP contribution in [0.15, 0.2) is 36.5 Å². The van der Waals surface area contributed by atoms with Crippen molar-refractivity contribution in [1.29, 1.82) is 0 Å². The molecule has 50 heavy (non-hydrogen) atoms. The van der Waals surface area contributed by atoms with Crippen LogP contribution in [0.1, 0.15) is 68.6 Å². The van der Waals surface area contributed by atoms with E-state index in [4.69, 9.17) is 25.5 Å². The molecule has 1 saturated heterocycles. The third-order valence-corrected chi connectivity index (χ3v) is 15.2. The van der Waals surface area contributed by atoms with Crippen molar-refractivity contribution in [3.05, 3.63) is 75.4 Å². The maximum Gasteiger partial charge on any atom is 0.410 e. The van der Waals surface area contributed by atoms with Gasteiger partial charge in [-0.05, 0) is 61.7 Å². The summed E-state index contributed by atoms with van der Waals surface area (Å²) in [6, 6.07) is 9.09. The lowest BCUT2D eigenvalue weighted by atomic mass is 9.81. The summed E-state index contributed by atoms with van der Waals surface area (Å²) in [6.07, 6.45) is 1.04. The lowest BCUT2D eigenvalue weighted by Gasteiger charge is -2.48. The van der Waals surface area contributed by atoms with Gasteiger partial charge in [-0.2, -0.15) is 0 Å². The number of halogens is 3. The standard InChI is InChI=1S/C37H45ClF2N4O5Si/c1-35(2,3)49-34(46)43-12-13-44-27-17-26(39)30(38)28-24(27)18-37(44,21-43)23-11-9-10-22(16-23)19-41-32(45)25-20-42-33(31(40)29(25)28)47-14-15-48-50(7,8)36(4,5)6/h9-11,16-17,20H,12-15,18-19,21H2,1-8H3,(H,41,45). The number of pyridine rings is 1. The fourth-order valence-electron chi connectivity index (χ4n) is 6.76. The summed E-state index contributed by atoms with van der Waals surface area (Å²) < 4.78 is 50.6. The van der Waals surface area contributed by atoms with Gasteiger partial charge in [-0.1, -0.05) is 56.6 Å². The van der Waals surface area contributed by atoms with Crippen molar-refractivity contribution in [3.63, 3.8) is 0 Å². The molecule has 4 heterocycles. The van der Waals surface area contributed by atoms with Crippen molar-refractivity contribution in [3.8, 4) is 17.0 Å². The number of carbonyl (C=O) groups is 2. The number of hydrogen-bond donors (Lipinski definition) is 1. The first kappa shape index (κ1) is 36.1. The summed E-state index contributed by atoms with van der Waals surface area (Å²) in [5.41, 5.74) is 0.925. The van der Waals surface area contributed by atoms with Crippen molar-refractivity contribution < 1.29 is 32.3 Å². The van der Waals surface area contributed by atoms with E-state index in [1.165, 1.54) is 12.3 Å². The first-order valence-electron chi connectivity index (χ1n) is 16.9. The smallest absolute Gasteiger partial charge is 0.410 e. The molecule has 1 N–H and O–H groups in total. The lowest BCUT2D eigenvalue weighted by molar-refractivity contribution is 0.0164. The zero-order chi connectivity index (χ0) is 36.4. The average molecular weight is 727 g/mol. The van der Waals surface area contributed by atoms with Crippen LogP contribution in [0.2, 0.25) is 23.2 Å². The highest BCUT2D eigenvalue weighted by atomic mass is 35.5. The molecule has 1 atom stereocenters. The van der Waals surface area contributed by atoms with E-state index in [1.54, 1.807) is 4.90 Å². The highest BCUT2D eigenvalue weighted by molar-refractivity contribution is 6.74. The van der Waals surface area contributed by atoms with E-state index in [-0.39, 0.29) is 65.4 Å². The Hall–Kier alpha value is -3.74. The molecule has 13 heteroatoms. The van der Waals surface area contributed by atoms with Crippen LogP contribution < -0.4 is 15.0 Å². The molecule has 6 rings (SSSR count). The second-order valence-electron chi connectivity index (χ2n) is 15.8. The van der Waals surface area contributed by atoms with Crippen LogP contribution in [0.5, 0.6) is 5.88 Å². The molecule has 2 amide bonds. The Kier molecular flexibility index (Phi) is 9.22. The van der Waals surface area contributed by atoms with Gasteiger partial charge in [0.15, 0.2) is 14.1 Å². The predicted octanol–water partition coefficient (Wildman–Crippen LogP) is 7.83. The van der Waals surface area contributed by atoms with Gasteiger partial charge in [-0.3, -0.25) is 4.79 Å². The predicted molar refractivity (Wildman–Crippen MR) is 191 cm³/mol. The maximum atomic E-state index is 16.9. The van der Waals surface area contributed by atoms with Gasteiger partial charge in [-0.15, -0.1) is 0 Å². The SMILES string of the molecule is CC(C)(C)OC(=O)N1CCN2c3cc(F)c(Cl)c4c3CC2(C1)c1cccc(c1)CNC(=O)c1cnc(OCCO[Si](C)(C)C(C)(C)C)c(F)c1-4. The normalized spacial score (nSPS) is 18.8. The zero-order valence-electron chi connectivity index (χ0n) is 29.9. The van der Waals surface area contributed by atoms with E-state index in [0.717, 1.165) is 11.1 Å². The van der Waals surface area contributed by atoms with Crippen molar-refractivity contribution in [1.82, 2.24) is 15.2 Å². The summed E-state index contributed by atoms with van der Waals surface area (Å²) in [5, 5.41) is 2.53. The third-order valence-electron chi connectivity index (χ3n) is 10.3. The van der Waals surface area contributed by atoms with Crippen LogP contribution in [0.25, 0.3) is 11.1 Å². The van der Waals surface area contributed by atoms with Gasteiger partial charge in [0.25, 0.3) is 11.8 Å². The van der Waals surface area contributed by atoms with Crippen LogP contribution in [-0.2, 0) is 27.7 Å². The molecular formula is C37H45ClF2N4O5Si. The Morgan fingerprint density at radius 2 is 1.82 bits per heavy atom. The van der Waals surface area contributed by atoms with Crippen molar-refractivity contribution in [2.75, 3.05) is 37.7 Å². The first-order chi connectivity index (χ1) is 23.3. The molecule has 3 aliphatic heterocycles. The van der Waals surface area contributed by atoms with E-state index >= 15 is 8.78 Å².